The van der Waals surface area contributed by atoms with E-state index in [0.29, 0.717) is 23.3 Å². The highest BCUT2D eigenvalue weighted by Gasteiger charge is 2.28. The molecule has 0 radical (unpaired) electrons. The molecule has 10 heteroatoms. The number of para-hydroxylation sites is 1. The predicted octanol–water partition coefficient (Wildman–Crippen LogP) is 3.32. The van der Waals surface area contributed by atoms with Crippen LogP contribution in [0.15, 0.2) is 54.0 Å². The van der Waals surface area contributed by atoms with Crippen molar-refractivity contribution in [1.29, 1.82) is 0 Å². The first-order chi connectivity index (χ1) is 16.7. The van der Waals surface area contributed by atoms with Gasteiger partial charge in [-0.1, -0.05) is 12.1 Å². The zero-order valence-electron chi connectivity index (χ0n) is 18.3. The van der Waals surface area contributed by atoms with Crippen LogP contribution in [-0.2, 0) is 6.54 Å². The van der Waals surface area contributed by atoms with Crippen molar-refractivity contribution in [3.8, 4) is 11.4 Å². The van der Waals surface area contributed by atoms with Crippen LogP contribution in [0.3, 0.4) is 0 Å². The van der Waals surface area contributed by atoms with Crippen molar-refractivity contribution in [2.24, 2.45) is 5.92 Å². The summed E-state index contributed by atoms with van der Waals surface area (Å²) in [4.78, 5) is 30.2. The number of anilines is 2. The van der Waals surface area contributed by atoms with Crippen molar-refractivity contribution < 1.29 is 0 Å². The molecule has 168 valence electrons. The summed E-state index contributed by atoms with van der Waals surface area (Å²) >= 11 is 0. The summed E-state index contributed by atoms with van der Waals surface area (Å²) in [5.41, 5.74) is 3.38. The molecule has 0 amide bonds. The van der Waals surface area contributed by atoms with Crippen LogP contribution >= 0.6 is 0 Å². The maximum absolute atomic E-state index is 12.4. The molecular weight excluding hydrogens is 430 g/mol. The topological polar surface area (TPSA) is 116 Å². The number of hydrogen-bond donors (Lipinski definition) is 1. The third-order valence-corrected chi connectivity index (χ3v) is 6.41. The Bertz CT molecular complexity index is 1610. The lowest BCUT2D eigenvalue weighted by atomic mass is 10.1. The molecular formula is C24H21N9O. The molecule has 0 atom stereocenters. The highest BCUT2D eigenvalue weighted by atomic mass is 16.1. The molecule has 1 N–H and O–H groups in total. The summed E-state index contributed by atoms with van der Waals surface area (Å²) in [5.74, 6) is 2.19. The SMILES string of the molecule is O=c1nccncc1Nc1nc2c(C3CC3)cccc2c2nc(-c3cnn(CC4CC4)c3)nn12. The molecule has 0 saturated heterocycles. The number of benzene rings is 1. The first-order valence-electron chi connectivity index (χ1n) is 11.5. The Labute approximate surface area is 193 Å². The fraction of sp³-hybridized carbons (Fsp3) is 0.292. The second-order valence-electron chi connectivity index (χ2n) is 9.07. The molecule has 1 aromatic carbocycles. The van der Waals surface area contributed by atoms with E-state index in [0.717, 1.165) is 41.8 Å². The van der Waals surface area contributed by atoms with Crippen molar-refractivity contribution in [3.63, 3.8) is 0 Å². The third-order valence-electron chi connectivity index (χ3n) is 6.41. The van der Waals surface area contributed by atoms with E-state index in [1.165, 1.54) is 37.0 Å². The highest BCUT2D eigenvalue weighted by Crippen LogP contribution is 2.43. The van der Waals surface area contributed by atoms with Gasteiger partial charge >= 0.3 is 0 Å². The molecule has 10 nitrogen and oxygen atoms in total. The lowest BCUT2D eigenvalue weighted by molar-refractivity contribution is 0.563. The Hall–Kier alpha value is -4.21. The average molecular weight is 451 g/mol. The molecule has 7 rings (SSSR count). The fourth-order valence-electron chi connectivity index (χ4n) is 4.31. The number of hydrogen-bond acceptors (Lipinski definition) is 8. The van der Waals surface area contributed by atoms with Gasteiger partial charge in [-0.2, -0.15) is 9.61 Å². The van der Waals surface area contributed by atoms with Crippen LogP contribution in [0.1, 0.15) is 37.2 Å². The quantitative estimate of drug-likeness (QED) is 0.418. The van der Waals surface area contributed by atoms with E-state index in [1.807, 2.05) is 23.0 Å². The van der Waals surface area contributed by atoms with Crippen molar-refractivity contribution in [2.75, 3.05) is 5.32 Å². The minimum absolute atomic E-state index is 0.219. The first kappa shape index (κ1) is 19.3. The summed E-state index contributed by atoms with van der Waals surface area (Å²) in [6.07, 6.45) is 12.9. The zero-order chi connectivity index (χ0) is 22.6. The molecule has 2 aliphatic carbocycles. The second-order valence-corrected chi connectivity index (χ2v) is 9.07. The summed E-state index contributed by atoms with van der Waals surface area (Å²) in [6.45, 7) is 0.923. The number of rotatable bonds is 6. The molecule has 2 fully saturated rings. The summed E-state index contributed by atoms with van der Waals surface area (Å²) in [5, 5.41) is 13.3. The number of nitrogens with one attached hydrogen (secondary N) is 1. The smallest absolute Gasteiger partial charge is 0.295 e. The van der Waals surface area contributed by atoms with Gasteiger partial charge in [-0.3, -0.25) is 14.5 Å². The Morgan fingerprint density at radius 1 is 1.06 bits per heavy atom. The molecule has 4 aromatic heterocycles. The molecule has 4 heterocycles. The van der Waals surface area contributed by atoms with E-state index in [1.54, 1.807) is 10.7 Å². The van der Waals surface area contributed by atoms with Crippen molar-refractivity contribution in [2.45, 2.75) is 38.1 Å². The van der Waals surface area contributed by atoms with Gasteiger partial charge in [-0.15, -0.1) is 5.10 Å². The van der Waals surface area contributed by atoms with Gasteiger partial charge in [0.05, 0.1) is 23.5 Å². The summed E-state index contributed by atoms with van der Waals surface area (Å²) in [6, 6.07) is 6.19. The van der Waals surface area contributed by atoms with Crippen LogP contribution in [-0.4, -0.2) is 39.3 Å². The van der Waals surface area contributed by atoms with Gasteiger partial charge in [-0.05, 0) is 49.1 Å². The highest BCUT2D eigenvalue weighted by molar-refractivity contribution is 5.95. The molecule has 0 spiro atoms. The lowest BCUT2D eigenvalue weighted by Gasteiger charge is -2.10. The van der Waals surface area contributed by atoms with Crippen LogP contribution in [0.5, 0.6) is 0 Å². The molecule has 0 unspecified atom stereocenters. The minimum atomic E-state index is -0.426. The predicted molar refractivity (Wildman–Crippen MR) is 126 cm³/mol. The first-order valence-corrected chi connectivity index (χ1v) is 11.5. The monoisotopic (exact) mass is 451 g/mol. The van der Waals surface area contributed by atoms with Gasteiger partial charge in [0.1, 0.15) is 5.69 Å². The second kappa shape index (κ2) is 7.41. The number of nitrogens with zero attached hydrogens (tertiary/aromatic N) is 8. The van der Waals surface area contributed by atoms with Gasteiger partial charge in [-0.25, -0.2) is 15.0 Å². The average Bonchev–Trinajstić information content (AvgIpc) is 3.76. The number of fused-ring (bicyclic) bond motifs is 3. The van der Waals surface area contributed by atoms with Crippen molar-refractivity contribution >= 4 is 28.2 Å². The van der Waals surface area contributed by atoms with E-state index in [4.69, 9.17) is 15.1 Å². The van der Waals surface area contributed by atoms with Crippen LogP contribution in [0, 0.1) is 5.92 Å². The maximum atomic E-state index is 12.4. The van der Waals surface area contributed by atoms with Gasteiger partial charge < -0.3 is 5.32 Å². The van der Waals surface area contributed by atoms with Crippen molar-refractivity contribution in [3.05, 3.63) is 65.1 Å². The Morgan fingerprint density at radius 3 is 2.82 bits per heavy atom. The third kappa shape index (κ3) is 3.38. The Morgan fingerprint density at radius 2 is 1.97 bits per heavy atom. The van der Waals surface area contributed by atoms with Crippen LogP contribution in [0.2, 0.25) is 0 Å². The molecule has 0 aliphatic heterocycles. The summed E-state index contributed by atoms with van der Waals surface area (Å²) in [7, 11) is 0. The molecule has 0 bridgehead atoms. The van der Waals surface area contributed by atoms with E-state index in [2.05, 4.69) is 26.4 Å². The summed E-state index contributed by atoms with van der Waals surface area (Å²) < 4.78 is 3.61. The Kier molecular flexibility index (Phi) is 4.20. The largest absolute Gasteiger partial charge is 0.318 e. The van der Waals surface area contributed by atoms with Gasteiger partial charge in [0.25, 0.3) is 5.56 Å². The maximum Gasteiger partial charge on any atom is 0.295 e. The molecule has 2 aliphatic rings. The van der Waals surface area contributed by atoms with Crippen LogP contribution < -0.4 is 10.9 Å². The van der Waals surface area contributed by atoms with E-state index >= 15 is 0 Å². The number of aromatic nitrogens is 8. The van der Waals surface area contributed by atoms with Gasteiger partial charge in [0.15, 0.2) is 11.5 Å². The lowest BCUT2D eigenvalue weighted by Crippen LogP contribution is -2.12. The molecule has 2 saturated carbocycles. The molecule has 5 aromatic rings. The van der Waals surface area contributed by atoms with E-state index in [-0.39, 0.29) is 5.69 Å². The van der Waals surface area contributed by atoms with E-state index < -0.39 is 5.56 Å². The van der Waals surface area contributed by atoms with E-state index in [9.17, 15) is 4.79 Å². The van der Waals surface area contributed by atoms with Crippen LogP contribution in [0.25, 0.3) is 27.9 Å². The van der Waals surface area contributed by atoms with Gasteiger partial charge in [0.2, 0.25) is 5.95 Å². The Balaban J connectivity index is 1.42. The van der Waals surface area contributed by atoms with Gasteiger partial charge in [0, 0.05) is 30.5 Å². The normalized spacial score (nSPS) is 15.8. The molecule has 34 heavy (non-hydrogen) atoms. The minimum Gasteiger partial charge on any atom is -0.318 e. The van der Waals surface area contributed by atoms with Crippen LogP contribution in [0.4, 0.5) is 11.6 Å². The zero-order valence-corrected chi connectivity index (χ0v) is 18.3. The fourth-order valence-corrected chi connectivity index (χ4v) is 4.31. The van der Waals surface area contributed by atoms with Crippen molar-refractivity contribution in [1.82, 2.24) is 39.3 Å². The standard InChI is InChI=1S/C24H21N9O/c34-23-19(11-25-8-9-26-23)28-24-29-20-17(15-6-7-15)2-1-3-18(20)22-30-21(31-33(22)24)16-10-27-32(13-16)12-14-4-5-14/h1-3,8-11,13-15H,4-7,12H2,(H,26,28,29,34).